The van der Waals surface area contributed by atoms with Gasteiger partial charge in [-0.15, -0.1) is 0 Å². The van der Waals surface area contributed by atoms with Crippen LogP contribution in [-0.4, -0.2) is 93.1 Å². The topological polar surface area (TPSA) is 190 Å². The second-order valence-electron chi connectivity index (χ2n) is 6.23. The van der Waals surface area contributed by atoms with Crippen molar-refractivity contribution in [1.82, 2.24) is 5.32 Å². The van der Waals surface area contributed by atoms with Gasteiger partial charge in [-0.05, 0) is 13.3 Å². The van der Waals surface area contributed by atoms with Crippen molar-refractivity contribution in [1.29, 1.82) is 5.41 Å². The fraction of sp³-hybridized carbons (Fsp3) is 0.800. The molecular weight excluding hydrogens is 352 g/mol. The third-order valence-corrected chi connectivity index (χ3v) is 4.20. The zero-order valence-corrected chi connectivity index (χ0v) is 14.6. The van der Waals surface area contributed by atoms with Gasteiger partial charge < -0.3 is 45.7 Å². The van der Waals surface area contributed by atoms with Gasteiger partial charge in [-0.2, -0.15) is 0 Å². The maximum Gasteiger partial charge on any atom is 0.364 e. The number of methoxy groups -OCH3 is 1. The van der Waals surface area contributed by atoms with Crippen LogP contribution >= 0.6 is 0 Å². The number of carboxylic acid groups (broad SMARTS) is 1. The fourth-order valence-corrected chi connectivity index (χ4v) is 2.67. The molecule has 4 unspecified atom stereocenters. The number of aliphatic hydroxyl groups is 4. The molecule has 11 heteroatoms. The Morgan fingerprint density at radius 2 is 2.00 bits per heavy atom. The monoisotopic (exact) mass is 378 g/mol. The summed E-state index contributed by atoms with van der Waals surface area (Å²) < 4.78 is 10.2. The highest BCUT2D eigenvalue weighted by Crippen LogP contribution is 2.33. The number of amides is 1. The minimum Gasteiger partial charge on any atom is -0.477 e. The van der Waals surface area contributed by atoms with Crippen molar-refractivity contribution in [2.75, 3.05) is 13.7 Å². The molecule has 150 valence electrons. The minimum atomic E-state index is -2.28. The summed E-state index contributed by atoms with van der Waals surface area (Å²) >= 11 is 0. The van der Waals surface area contributed by atoms with Gasteiger partial charge in [0.15, 0.2) is 0 Å². The molecule has 0 aromatic carbocycles. The summed E-state index contributed by atoms with van der Waals surface area (Å²) in [4.78, 5) is 23.5. The van der Waals surface area contributed by atoms with Crippen LogP contribution in [0.3, 0.4) is 0 Å². The summed E-state index contributed by atoms with van der Waals surface area (Å²) in [7, 11) is 1.04. The lowest BCUT2D eigenvalue weighted by atomic mass is 9.88. The minimum absolute atomic E-state index is 0.0573. The van der Waals surface area contributed by atoms with E-state index in [9.17, 15) is 30.0 Å². The van der Waals surface area contributed by atoms with E-state index in [1.54, 1.807) is 0 Å². The Hall–Kier alpha value is -1.63. The van der Waals surface area contributed by atoms with E-state index in [0.717, 1.165) is 7.11 Å². The molecule has 11 nitrogen and oxygen atoms in total. The first kappa shape index (κ1) is 22.4. The molecule has 1 rings (SSSR count). The summed E-state index contributed by atoms with van der Waals surface area (Å²) in [6.07, 6.45) is -6.96. The zero-order chi connectivity index (χ0) is 20.1. The van der Waals surface area contributed by atoms with Crippen molar-refractivity contribution < 1.29 is 44.6 Å². The molecule has 0 bridgehead atoms. The normalized spacial score (nSPS) is 31.1. The maximum absolute atomic E-state index is 12.0. The van der Waals surface area contributed by atoms with Crippen molar-refractivity contribution in [2.45, 2.75) is 62.4 Å². The van der Waals surface area contributed by atoms with Crippen molar-refractivity contribution >= 4 is 17.6 Å². The van der Waals surface area contributed by atoms with Gasteiger partial charge >= 0.3 is 5.97 Å². The van der Waals surface area contributed by atoms with Crippen LogP contribution in [0.5, 0.6) is 0 Å². The molecule has 7 N–H and O–H groups in total. The van der Waals surface area contributed by atoms with E-state index in [1.807, 2.05) is 0 Å². The van der Waals surface area contributed by atoms with Crippen LogP contribution in [0, 0.1) is 5.41 Å². The highest BCUT2D eigenvalue weighted by atomic mass is 16.7. The molecule has 0 spiro atoms. The van der Waals surface area contributed by atoms with Crippen LogP contribution in [0.15, 0.2) is 0 Å². The van der Waals surface area contributed by atoms with E-state index in [-0.39, 0.29) is 18.6 Å². The number of carbonyl (C=O) groups excluding carboxylic acids is 1. The van der Waals surface area contributed by atoms with Gasteiger partial charge in [0.05, 0.1) is 18.8 Å². The number of aliphatic hydroxyl groups excluding tert-OH is 4. The van der Waals surface area contributed by atoms with E-state index in [4.69, 9.17) is 20.0 Å². The highest BCUT2D eigenvalue weighted by molar-refractivity contribution is 5.85. The van der Waals surface area contributed by atoms with Gasteiger partial charge in [0.25, 0.3) is 5.79 Å². The number of hydrogen-bond acceptors (Lipinski definition) is 9. The molecule has 26 heavy (non-hydrogen) atoms. The molecule has 1 saturated heterocycles. The molecule has 0 aromatic heterocycles. The number of carbonyl (C=O) groups is 2. The lowest BCUT2D eigenvalue weighted by Crippen LogP contribution is -2.67. The average Bonchev–Trinajstić information content (AvgIpc) is 2.59. The average molecular weight is 378 g/mol. The van der Waals surface area contributed by atoms with Crippen LogP contribution < -0.4 is 5.32 Å². The molecule has 0 radical (unpaired) electrons. The molecule has 6 atom stereocenters. The summed E-state index contributed by atoms with van der Waals surface area (Å²) in [5, 5.41) is 58.3. The van der Waals surface area contributed by atoms with Crippen molar-refractivity contribution in [2.24, 2.45) is 0 Å². The first-order chi connectivity index (χ1) is 12.1. The second-order valence-corrected chi connectivity index (χ2v) is 6.23. The molecule has 1 aliphatic heterocycles. The van der Waals surface area contributed by atoms with Crippen LogP contribution in [0.1, 0.15) is 26.2 Å². The SMILES string of the molecule is CO[C@]1(C(=O)O)CC(O)[C@@H](NC(=O)CCC(C)=N)C(C(O)C(O)CO)O1. The molecular formula is C15H26N2O9. The van der Waals surface area contributed by atoms with Crippen molar-refractivity contribution in [3.63, 3.8) is 0 Å². The first-order valence-corrected chi connectivity index (χ1v) is 8.02. The Morgan fingerprint density at radius 1 is 1.38 bits per heavy atom. The van der Waals surface area contributed by atoms with E-state index in [0.29, 0.717) is 0 Å². The van der Waals surface area contributed by atoms with E-state index < -0.39 is 61.1 Å². The predicted molar refractivity (Wildman–Crippen MR) is 86.5 cm³/mol. The number of aliphatic carboxylic acids is 1. The van der Waals surface area contributed by atoms with Gasteiger partial charge in [-0.1, -0.05) is 0 Å². The van der Waals surface area contributed by atoms with Gasteiger partial charge in [-0.3, -0.25) is 4.79 Å². The molecule has 1 heterocycles. The summed E-state index contributed by atoms with van der Waals surface area (Å²) in [5.41, 5.74) is 0.275. The van der Waals surface area contributed by atoms with Crippen LogP contribution in [0.25, 0.3) is 0 Å². The molecule has 1 amide bonds. The molecule has 0 aliphatic carbocycles. The molecule has 1 aliphatic rings. The summed E-state index contributed by atoms with van der Waals surface area (Å²) in [5.74, 6) is -4.40. The van der Waals surface area contributed by atoms with Crippen molar-refractivity contribution in [3.8, 4) is 0 Å². The number of carboxylic acids is 1. The zero-order valence-electron chi connectivity index (χ0n) is 14.6. The van der Waals surface area contributed by atoms with Crippen molar-refractivity contribution in [3.05, 3.63) is 0 Å². The predicted octanol–water partition coefficient (Wildman–Crippen LogP) is -2.42. The maximum atomic E-state index is 12.0. The first-order valence-electron chi connectivity index (χ1n) is 8.02. The van der Waals surface area contributed by atoms with E-state index in [2.05, 4.69) is 5.32 Å². The lowest BCUT2D eigenvalue weighted by Gasteiger charge is -2.46. The van der Waals surface area contributed by atoms with Crippen LogP contribution in [-0.2, 0) is 19.1 Å². The molecule has 0 aromatic rings. The number of hydrogen-bond donors (Lipinski definition) is 7. The Morgan fingerprint density at radius 3 is 2.46 bits per heavy atom. The van der Waals surface area contributed by atoms with Gasteiger partial charge in [-0.25, -0.2) is 4.79 Å². The largest absolute Gasteiger partial charge is 0.477 e. The van der Waals surface area contributed by atoms with Gasteiger partial charge in [0.2, 0.25) is 5.91 Å². The van der Waals surface area contributed by atoms with Crippen LogP contribution in [0.4, 0.5) is 0 Å². The second kappa shape index (κ2) is 9.35. The third-order valence-electron chi connectivity index (χ3n) is 4.20. The standard InChI is InChI=1S/C15H26N2O9/c1-7(16)3-4-10(21)17-11-8(19)5-15(25-2,14(23)24)26-13(11)12(22)9(20)6-18/h8-9,11-13,16,18-20,22H,3-6H2,1-2H3,(H,17,21)(H,23,24)/t8?,9?,11-,12?,13?,15-/m1/s1. The lowest BCUT2D eigenvalue weighted by molar-refractivity contribution is -0.303. The summed E-state index contributed by atoms with van der Waals surface area (Å²) in [6.45, 7) is 0.674. The quantitative estimate of drug-likeness (QED) is 0.214. The van der Waals surface area contributed by atoms with Gasteiger partial charge in [0, 0.05) is 25.7 Å². The fourth-order valence-electron chi connectivity index (χ4n) is 2.67. The van der Waals surface area contributed by atoms with Gasteiger partial charge in [0.1, 0.15) is 18.3 Å². The summed E-state index contributed by atoms with van der Waals surface area (Å²) in [6, 6.07) is -1.26. The Labute approximate surface area is 150 Å². The number of rotatable bonds is 9. The Balaban J connectivity index is 3.06. The third kappa shape index (κ3) is 5.19. The van der Waals surface area contributed by atoms with E-state index >= 15 is 0 Å². The number of nitrogens with one attached hydrogen (secondary N) is 2. The van der Waals surface area contributed by atoms with E-state index in [1.165, 1.54) is 6.92 Å². The Bertz CT molecular complexity index is 529. The highest BCUT2D eigenvalue weighted by Gasteiger charge is 2.55. The smallest absolute Gasteiger partial charge is 0.364 e. The number of ether oxygens (including phenoxy) is 2. The Kier molecular flexibility index (Phi) is 8.06. The molecule has 1 fully saturated rings. The molecule has 0 saturated carbocycles. The van der Waals surface area contributed by atoms with Crippen LogP contribution in [0.2, 0.25) is 0 Å².